The Morgan fingerprint density at radius 2 is 2.06 bits per heavy atom. The van der Waals surface area contributed by atoms with Gasteiger partial charge in [0.15, 0.2) is 0 Å². The Kier molecular flexibility index (Phi) is 3.73. The predicted molar refractivity (Wildman–Crippen MR) is 64.6 cm³/mol. The van der Waals surface area contributed by atoms with Gasteiger partial charge in [-0.15, -0.1) is 0 Å². The van der Waals surface area contributed by atoms with Crippen LogP contribution in [0.15, 0.2) is 0 Å². The molecule has 0 N–H and O–H groups in total. The van der Waals surface area contributed by atoms with Crippen LogP contribution >= 0.6 is 0 Å². The summed E-state index contributed by atoms with van der Waals surface area (Å²) in [5.41, 5.74) is -0.727. The number of hydrogen-bond donors (Lipinski definition) is 0. The second kappa shape index (κ2) is 4.75. The summed E-state index contributed by atoms with van der Waals surface area (Å²) in [5.74, 6) is -0.722. The van der Waals surface area contributed by atoms with E-state index in [1.165, 1.54) is 11.6 Å². The molecule has 0 aromatic carbocycles. The summed E-state index contributed by atoms with van der Waals surface area (Å²) < 4.78 is 6.21. The number of aryl methyl sites for hydroxylation is 1. The highest BCUT2D eigenvalue weighted by Crippen LogP contribution is 2.28. The molecule has 0 aliphatic carbocycles. The molecule has 0 bridgehead atoms. The minimum absolute atomic E-state index is 0.105. The van der Waals surface area contributed by atoms with Gasteiger partial charge in [-0.2, -0.15) is 5.10 Å². The van der Waals surface area contributed by atoms with Gasteiger partial charge in [0.05, 0.1) is 17.1 Å². The second-order valence-corrected chi connectivity index (χ2v) is 4.84. The van der Waals surface area contributed by atoms with E-state index in [1.54, 1.807) is 6.92 Å². The maximum absolute atomic E-state index is 11.9. The predicted octanol–water partition coefficient (Wildman–Crippen LogP) is 2.03. The Morgan fingerprint density at radius 3 is 2.44 bits per heavy atom. The molecular formula is C11H17N3O4. The number of nitro groups is 1. The van der Waals surface area contributed by atoms with Crippen LogP contribution in [-0.4, -0.2) is 27.3 Å². The van der Waals surface area contributed by atoms with E-state index < -0.39 is 16.4 Å². The van der Waals surface area contributed by atoms with Crippen LogP contribution in [0.1, 0.15) is 43.9 Å². The lowest BCUT2D eigenvalue weighted by Crippen LogP contribution is -2.28. The fourth-order valence-electron chi connectivity index (χ4n) is 1.61. The molecule has 7 heteroatoms. The van der Waals surface area contributed by atoms with E-state index in [4.69, 9.17) is 4.74 Å². The molecule has 0 atom stereocenters. The molecule has 0 unspecified atom stereocenters. The Morgan fingerprint density at radius 1 is 1.50 bits per heavy atom. The van der Waals surface area contributed by atoms with Crippen LogP contribution in [0.3, 0.4) is 0 Å². The molecule has 0 spiro atoms. The van der Waals surface area contributed by atoms with Crippen molar-refractivity contribution in [2.24, 2.45) is 0 Å². The maximum Gasteiger partial charge on any atom is 0.363 e. The minimum Gasteiger partial charge on any atom is -0.461 e. The topological polar surface area (TPSA) is 87.3 Å². The van der Waals surface area contributed by atoms with E-state index in [0.29, 0.717) is 0 Å². The van der Waals surface area contributed by atoms with E-state index in [-0.39, 0.29) is 23.7 Å². The average molecular weight is 255 g/mol. The lowest BCUT2D eigenvalue weighted by molar-refractivity contribution is -0.385. The van der Waals surface area contributed by atoms with Crippen molar-refractivity contribution in [2.75, 3.05) is 6.61 Å². The van der Waals surface area contributed by atoms with Crippen molar-refractivity contribution in [1.82, 2.24) is 9.78 Å². The van der Waals surface area contributed by atoms with Crippen molar-refractivity contribution in [3.63, 3.8) is 0 Å². The van der Waals surface area contributed by atoms with Crippen LogP contribution < -0.4 is 0 Å². The maximum atomic E-state index is 11.9. The molecule has 0 fully saturated rings. The van der Waals surface area contributed by atoms with Crippen molar-refractivity contribution in [1.29, 1.82) is 0 Å². The fraction of sp³-hybridized carbons (Fsp3) is 0.636. The average Bonchev–Trinajstić information content (AvgIpc) is 2.55. The van der Waals surface area contributed by atoms with Gasteiger partial charge in [0, 0.05) is 0 Å². The van der Waals surface area contributed by atoms with Crippen LogP contribution in [0.4, 0.5) is 5.69 Å². The first-order valence-electron chi connectivity index (χ1n) is 5.61. The van der Waals surface area contributed by atoms with Crippen LogP contribution in [0.2, 0.25) is 0 Å². The number of carbonyl (C=O) groups is 1. The Bertz CT molecular complexity index is 485. The Hall–Kier alpha value is -1.92. The number of ether oxygens (including phenoxy) is 1. The molecule has 1 aromatic heterocycles. The summed E-state index contributed by atoms with van der Waals surface area (Å²) >= 11 is 0. The molecule has 100 valence electrons. The van der Waals surface area contributed by atoms with Crippen LogP contribution in [-0.2, 0) is 10.3 Å². The van der Waals surface area contributed by atoms with Crippen molar-refractivity contribution >= 4 is 11.7 Å². The molecule has 0 saturated carbocycles. The SMILES string of the molecule is CCOC(=O)c1c([N+](=O)[O-])c(C)nn1C(C)(C)C. The lowest BCUT2D eigenvalue weighted by Gasteiger charge is -2.20. The normalized spacial score (nSPS) is 11.4. The van der Waals surface area contributed by atoms with Crippen LogP contribution in [0.25, 0.3) is 0 Å². The fourth-order valence-corrected chi connectivity index (χ4v) is 1.61. The van der Waals surface area contributed by atoms with Crippen LogP contribution in [0.5, 0.6) is 0 Å². The van der Waals surface area contributed by atoms with Gasteiger partial charge in [0.1, 0.15) is 5.69 Å². The molecule has 1 rings (SSSR count). The van der Waals surface area contributed by atoms with Gasteiger partial charge < -0.3 is 4.74 Å². The molecule has 1 heterocycles. The number of carbonyl (C=O) groups excluding carboxylic acids is 1. The molecule has 0 aliphatic rings. The minimum atomic E-state index is -0.722. The number of rotatable bonds is 3. The summed E-state index contributed by atoms with van der Waals surface area (Å²) in [6, 6.07) is 0. The molecule has 18 heavy (non-hydrogen) atoms. The van der Waals surface area contributed by atoms with Crippen molar-refractivity contribution in [3.8, 4) is 0 Å². The van der Waals surface area contributed by atoms with Gasteiger partial charge in [-0.3, -0.25) is 10.1 Å². The van der Waals surface area contributed by atoms with Gasteiger partial charge in [-0.25, -0.2) is 9.48 Å². The zero-order valence-corrected chi connectivity index (χ0v) is 11.2. The van der Waals surface area contributed by atoms with E-state index in [9.17, 15) is 14.9 Å². The molecule has 7 nitrogen and oxygen atoms in total. The highest BCUT2D eigenvalue weighted by atomic mass is 16.6. The first kappa shape index (κ1) is 14.1. The quantitative estimate of drug-likeness (QED) is 0.468. The van der Waals surface area contributed by atoms with E-state index >= 15 is 0 Å². The van der Waals surface area contributed by atoms with Crippen molar-refractivity contribution in [2.45, 2.75) is 40.2 Å². The smallest absolute Gasteiger partial charge is 0.363 e. The van der Waals surface area contributed by atoms with Gasteiger partial charge in [-0.1, -0.05) is 0 Å². The summed E-state index contributed by atoms with van der Waals surface area (Å²) in [4.78, 5) is 22.3. The standard InChI is InChI=1S/C11H17N3O4/c1-6-18-10(15)9-8(14(16)17)7(2)12-13(9)11(3,4)5/h6H2,1-5H3. The number of hydrogen-bond acceptors (Lipinski definition) is 5. The van der Waals surface area contributed by atoms with E-state index in [0.717, 1.165) is 0 Å². The molecule has 0 aliphatic heterocycles. The lowest BCUT2D eigenvalue weighted by atomic mass is 10.1. The zero-order valence-electron chi connectivity index (χ0n) is 11.2. The Labute approximate surface area is 105 Å². The van der Waals surface area contributed by atoms with Gasteiger partial charge in [-0.05, 0) is 34.6 Å². The third-order valence-electron chi connectivity index (χ3n) is 2.32. The second-order valence-electron chi connectivity index (χ2n) is 4.84. The Balaban J connectivity index is 3.51. The largest absolute Gasteiger partial charge is 0.461 e. The molecule has 0 saturated heterocycles. The first-order chi connectivity index (χ1) is 8.20. The summed E-state index contributed by atoms with van der Waals surface area (Å²) in [6.45, 7) is 8.74. The van der Waals surface area contributed by atoms with Crippen molar-refractivity contribution in [3.05, 3.63) is 21.5 Å². The van der Waals surface area contributed by atoms with E-state index in [2.05, 4.69) is 5.10 Å². The van der Waals surface area contributed by atoms with Crippen molar-refractivity contribution < 1.29 is 14.5 Å². The number of esters is 1. The molecule has 0 radical (unpaired) electrons. The number of aromatic nitrogens is 2. The van der Waals surface area contributed by atoms with E-state index in [1.807, 2.05) is 20.8 Å². The molecular weight excluding hydrogens is 238 g/mol. The van der Waals surface area contributed by atoms with Gasteiger partial charge in [0.2, 0.25) is 5.69 Å². The highest BCUT2D eigenvalue weighted by molar-refractivity contribution is 5.92. The monoisotopic (exact) mass is 255 g/mol. The first-order valence-corrected chi connectivity index (χ1v) is 5.61. The van der Waals surface area contributed by atoms with Gasteiger partial charge >= 0.3 is 11.7 Å². The molecule has 0 amide bonds. The summed E-state index contributed by atoms with van der Waals surface area (Å²) in [7, 11) is 0. The number of nitrogens with zero attached hydrogens (tertiary/aromatic N) is 3. The zero-order chi connectivity index (χ0) is 14.1. The summed E-state index contributed by atoms with van der Waals surface area (Å²) in [6.07, 6.45) is 0. The van der Waals surface area contributed by atoms with Gasteiger partial charge in [0.25, 0.3) is 0 Å². The van der Waals surface area contributed by atoms with Crippen LogP contribution in [0, 0.1) is 17.0 Å². The third-order valence-corrected chi connectivity index (χ3v) is 2.32. The third kappa shape index (κ3) is 2.49. The summed E-state index contributed by atoms with van der Waals surface area (Å²) in [5, 5.41) is 15.1. The highest BCUT2D eigenvalue weighted by Gasteiger charge is 2.35. The molecule has 1 aromatic rings.